The molecule has 2 amide bonds. The Bertz CT molecular complexity index is 523. The number of carbonyl (C=O) groups excluding carboxylic acids is 1. The van der Waals surface area contributed by atoms with Crippen LogP contribution in [0.25, 0.3) is 0 Å². The van der Waals surface area contributed by atoms with E-state index in [0.29, 0.717) is 16.6 Å². The molecule has 1 heterocycles. The molecule has 1 aromatic heterocycles. The van der Waals surface area contributed by atoms with Gasteiger partial charge in [-0.25, -0.2) is 4.79 Å². The van der Waals surface area contributed by atoms with Crippen molar-refractivity contribution in [1.29, 1.82) is 0 Å². The van der Waals surface area contributed by atoms with Gasteiger partial charge >= 0.3 is 6.03 Å². The molecule has 1 aromatic carbocycles. The van der Waals surface area contributed by atoms with Crippen LogP contribution in [0.1, 0.15) is 5.56 Å². The first-order chi connectivity index (χ1) is 8.16. The van der Waals surface area contributed by atoms with Crippen LogP contribution in [0.2, 0.25) is 5.02 Å². The van der Waals surface area contributed by atoms with Crippen molar-refractivity contribution < 1.29 is 9.21 Å². The van der Waals surface area contributed by atoms with E-state index in [2.05, 4.69) is 10.6 Å². The molecule has 0 unspecified atom stereocenters. The van der Waals surface area contributed by atoms with Gasteiger partial charge in [-0.1, -0.05) is 17.7 Å². The maximum absolute atomic E-state index is 11.6. The molecule has 0 aliphatic rings. The van der Waals surface area contributed by atoms with Crippen LogP contribution < -0.4 is 10.6 Å². The number of rotatable bonds is 2. The summed E-state index contributed by atoms with van der Waals surface area (Å²) >= 11 is 5.95. The second-order valence-corrected chi connectivity index (χ2v) is 3.88. The minimum atomic E-state index is -0.370. The number of amides is 2. The Morgan fingerprint density at radius 1 is 1.24 bits per heavy atom. The lowest BCUT2D eigenvalue weighted by atomic mass is 10.2. The highest BCUT2D eigenvalue weighted by Gasteiger charge is 2.07. The quantitative estimate of drug-likeness (QED) is 0.850. The smallest absolute Gasteiger partial charge is 0.326 e. The monoisotopic (exact) mass is 250 g/mol. The van der Waals surface area contributed by atoms with Crippen molar-refractivity contribution in [2.75, 3.05) is 10.6 Å². The summed E-state index contributed by atoms with van der Waals surface area (Å²) in [6.45, 7) is 1.84. The van der Waals surface area contributed by atoms with E-state index in [1.54, 1.807) is 30.3 Å². The number of urea groups is 1. The molecule has 0 aliphatic heterocycles. The van der Waals surface area contributed by atoms with Gasteiger partial charge in [0, 0.05) is 16.8 Å². The molecule has 2 N–H and O–H groups in total. The maximum Gasteiger partial charge on any atom is 0.326 e. The Labute approximate surface area is 104 Å². The zero-order chi connectivity index (χ0) is 12.3. The van der Waals surface area contributed by atoms with E-state index < -0.39 is 0 Å². The molecule has 0 atom stereocenters. The van der Waals surface area contributed by atoms with Crippen molar-refractivity contribution in [3.63, 3.8) is 0 Å². The lowest BCUT2D eigenvalue weighted by Crippen LogP contribution is -2.19. The SMILES string of the molecule is Cc1c(Cl)cccc1NC(=O)Nc1ccco1. The molecule has 2 rings (SSSR count). The second-order valence-electron chi connectivity index (χ2n) is 3.47. The first-order valence-electron chi connectivity index (χ1n) is 5.03. The topological polar surface area (TPSA) is 54.3 Å². The highest BCUT2D eigenvalue weighted by Crippen LogP contribution is 2.23. The number of hydrogen-bond donors (Lipinski definition) is 2. The Balaban J connectivity index is 2.06. The van der Waals surface area contributed by atoms with E-state index in [-0.39, 0.29) is 6.03 Å². The summed E-state index contributed by atoms with van der Waals surface area (Å²) in [7, 11) is 0. The first-order valence-corrected chi connectivity index (χ1v) is 5.41. The predicted molar refractivity (Wildman–Crippen MR) is 67.5 cm³/mol. The molecule has 0 spiro atoms. The lowest BCUT2D eigenvalue weighted by molar-refractivity contribution is 0.261. The van der Waals surface area contributed by atoms with Crippen LogP contribution in [-0.4, -0.2) is 6.03 Å². The highest BCUT2D eigenvalue weighted by atomic mass is 35.5. The molecule has 4 nitrogen and oxygen atoms in total. The van der Waals surface area contributed by atoms with Crippen molar-refractivity contribution in [3.05, 3.63) is 47.2 Å². The minimum absolute atomic E-state index is 0.370. The summed E-state index contributed by atoms with van der Waals surface area (Å²) in [5, 5.41) is 5.86. The lowest BCUT2D eigenvalue weighted by Gasteiger charge is -2.09. The van der Waals surface area contributed by atoms with Crippen molar-refractivity contribution in [1.82, 2.24) is 0 Å². The summed E-state index contributed by atoms with van der Waals surface area (Å²) in [4.78, 5) is 11.6. The van der Waals surface area contributed by atoms with Crippen LogP contribution in [0.3, 0.4) is 0 Å². The molecule has 0 saturated carbocycles. The van der Waals surface area contributed by atoms with E-state index in [9.17, 15) is 4.79 Å². The molecule has 0 aliphatic carbocycles. The second kappa shape index (κ2) is 4.93. The van der Waals surface area contributed by atoms with Crippen LogP contribution in [-0.2, 0) is 0 Å². The fourth-order valence-corrected chi connectivity index (χ4v) is 1.53. The Morgan fingerprint density at radius 3 is 2.76 bits per heavy atom. The van der Waals surface area contributed by atoms with Gasteiger partial charge in [0.15, 0.2) is 0 Å². The number of anilines is 2. The number of hydrogen-bond acceptors (Lipinski definition) is 2. The van der Waals surface area contributed by atoms with Gasteiger partial charge in [-0.15, -0.1) is 0 Å². The van der Waals surface area contributed by atoms with Gasteiger partial charge in [0.2, 0.25) is 5.88 Å². The molecule has 88 valence electrons. The van der Waals surface area contributed by atoms with Gasteiger partial charge in [-0.2, -0.15) is 0 Å². The van der Waals surface area contributed by atoms with Gasteiger partial charge < -0.3 is 9.73 Å². The first kappa shape index (κ1) is 11.5. The third-order valence-corrected chi connectivity index (χ3v) is 2.68. The van der Waals surface area contributed by atoms with E-state index in [4.69, 9.17) is 16.0 Å². The molecule has 0 saturated heterocycles. The van der Waals surface area contributed by atoms with E-state index in [1.807, 2.05) is 6.92 Å². The number of halogens is 1. The zero-order valence-electron chi connectivity index (χ0n) is 9.16. The third-order valence-electron chi connectivity index (χ3n) is 2.27. The fraction of sp³-hybridized carbons (Fsp3) is 0.0833. The van der Waals surface area contributed by atoms with Crippen molar-refractivity contribution >= 4 is 29.2 Å². The average molecular weight is 251 g/mol. The van der Waals surface area contributed by atoms with Crippen LogP contribution in [0.15, 0.2) is 41.0 Å². The Morgan fingerprint density at radius 2 is 2.06 bits per heavy atom. The molecule has 0 radical (unpaired) electrons. The van der Waals surface area contributed by atoms with Gasteiger partial charge in [0.25, 0.3) is 0 Å². The molecule has 0 bridgehead atoms. The molecule has 2 aromatic rings. The van der Waals surface area contributed by atoms with Gasteiger partial charge in [-0.05, 0) is 30.7 Å². The third kappa shape index (κ3) is 2.79. The summed E-state index contributed by atoms with van der Waals surface area (Å²) in [6.07, 6.45) is 1.49. The summed E-state index contributed by atoms with van der Waals surface area (Å²) in [5.74, 6) is 0.391. The normalized spacial score (nSPS) is 10.0. The molecule has 0 fully saturated rings. The van der Waals surface area contributed by atoms with E-state index >= 15 is 0 Å². The molecule has 5 heteroatoms. The number of furan rings is 1. The van der Waals surface area contributed by atoms with Crippen molar-refractivity contribution in [3.8, 4) is 0 Å². The highest BCUT2D eigenvalue weighted by molar-refractivity contribution is 6.31. The van der Waals surface area contributed by atoms with Crippen LogP contribution in [0.4, 0.5) is 16.4 Å². The molecule has 17 heavy (non-hydrogen) atoms. The zero-order valence-corrected chi connectivity index (χ0v) is 9.91. The Kier molecular flexibility index (Phi) is 3.35. The van der Waals surface area contributed by atoms with Crippen molar-refractivity contribution in [2.45, 2.75) is 6.92 Å². The van der Waals surface area contributed by atoms with Gasteiger partial charge in [0.1, 0.15) is 0 Å². The number of benzene rings is 1. The fourth-order valence-electron chi connectivity index (χ4n) is 1.36. The van der Waals surface area contributed by atoms with E-state index in [1.165, 1.54) is 6.26 Å². The van der Waals surface area contributed by atoms with Crippen LogP contribution in [0.5, 0.6) is 0 Å². The standard InChI is InChI=1S/C12H11ClN2O2/c1-8-9(13)4-2-5-10(8)14-12(16)15-11-6-3-7-17-11/h2-7H,1H3,(H2,14,15,16). The van der Waals surface area contributed by atoms with Crippen LogP contribution >= 0.6 is 11.6 Å². The molecular formula is C12H11ClN2O2. The summed E-state index contributed by atoms with van der Waals surface area (Å²) in [6, 6.07) is 8.31. The molecular weight excluding hydrogens is 240 g/mol. The summed E-state index contributed by atoms with van der Waals surface area (Å²) in [5.41, 5.74) is 1.49. The van der Waals surface area contributed by atoms with Crippen molar-refractivity contribution in [2.24, 2.45) is 0 Å². The summed E-state index contributed by atoms with van der Waals surface area (Å²) < 4.78 is 5.00. The van der Waals surface area contributed by atoms with E-state index in [0.717, 1.165) is 5.56 Å². The minimum Gasteiger partial charge on any atom is -0.449 e. The number of nitrogens with one attached hydrogen (secondary N) is 2. The average Bonchev–Trinajstić information content (AvgIpc) is 2.77. The van der Waals surface area contributed by atoms with Gasteiger partial charge in [0.05, 0.1) is 6.26 Å². The maximum atomic E-state index is 11.6. The predicted octanol–water partition coefficient (Wildman–Crippen LogP) is 3.89. The number of carbonyl (C=O) groups is 1. The Hall–Kier alpha value is -1.94. The van der Waals surface area contributed by atoms with Crippen LogP contribution in [0, 0.1) is 6.92 Å². The van der Waals surface area contributed by atoms with Gasteiger partial charge in [-0.3, -0.25) is 5.32 Å². The largest absolute Gasteiger partial charge is 0.449 e.